The number of anilines is 1. The second kappa shape index (κ2) is 12.2. The second-order valence-electron chi connectivity index (χ2n) is 6.87. The maximum atomic E-state index is 13.2. The van der Waals surface area contributed by atoms with Crippen LogP contribution >= 0.6 is 34.7 Å². The van der Waals surface area contributed by atoms with Crippen LogP contribution in [0.5, 0.6) is 5.75 Å². The van der Waals surface area contributed by atoms with Crippen LogP contribution in [0.2, 0.25) is 5.02 Å². The van der Waals surface area contributed by atoms with Gasteiger partial charge in [0.1, 0.15) is 23.2 Å². The van der Waals surface area contributed by atoms with E-state index in [1.165, 1.54) is 41.3 Å². The van der Waals surface area contributed by atoms with E-state index < -0.39 is 11.8 Å². The number of benzene rings is 1. The number of rotatable bonds is 11. The van der Waals surface area contributed by atoms with Gasteiger partial charge in [-0.05, 0) is 44.5 Å². The summed E-state index contributed by atoms with van der Waals surface area (Å²) in [7, 11) is 0. The van der Waals surface area contributed by atoms with Gasteiger partial charge < -0.3 is 19.4 Å². The Morgan fingerprint density at radius 3 is 2.71 bits per heavy atom. The van der Waals surface area contributed by atoms with Crippen LogP contribution in [0.25, 0.3) is 0 Å². The first-order chi connectivity index (χ1) is 16.4. The van der Waals surface area contributed by atoms with Crippen molar-refractivity contribution in [2.24, 2.45) is 0 Å². The van der Waals surface area contributed by atoms with Crippen LogP contribution in [-0.4, -0.2) is 39.0 Å². The largest absolute Gasteiger partial charge is 0.484 e. The number of hydrogen-bond acceptors (Lipinski definition) is 8. The van der Waals surface area contributed by atoms with Crippen molar-refractivity contribution in [1.29, 1.82) is 0 Å². The van der Waals surface area contributed by atoms with Crippen molar-refractivity contribution in [3.63, 3.8) is 0 Å². The zero-order chi connectivity index (χ0) is 24.7. The lowest BCUT2D eigenvalue weighted by atomic mass is 10.2. The Morgan fingerprint density at radius 2 is 2.03 bits per heavy atom. The number of carbonyl (C=O) groups excluding carboxylic acids is 2. The molecule has 0 aliphatic carbocycles. The molecule has 2 heterocycles. The number of ether oxygens (including phenoxy) is 2. The molecule has 0 aliphatic rings. The van der Waals surface area contributed by atoms with Crippen molar-refractivity contribution < 1.29 is 23.5 Å². The molecule has 0 fully saturated rings. The van der Waals surface area contributed by atoms with Crippen LogP contribution in [0.3, 0.4) is 0 Å². The molecule has 3 aromatic rings. The number of hydrogen-bond donors (Lipinski definition) is 1. The topological polar surface area (TPSA) is 95.3 Å². The standard InChI is InChI=1S/C22H24ClFN4O4S2/c1-4-14-10-15(21(30)31-6-3)20(34-14)25-19(29)12-33-22-27-26-18(28(22)5-2)11-32-17-8-7-13(24)9-16(17)23/h7-10H,4-6,11-12H2,1-3H3,(H,25,29). The van der Waals surface area contributed by atoms with E-state index in [4.69, 9.17) is 21.1 Å². The van der Waals surface area contributed by atoms with Gasteiger partial charge in [0.2, 0.25) is 5.91 Å². The van der Waals surface area contributed by atoms with E-state index in [1.54, 1.807) is 13.0 Å². The van der Waals surface area contributed by atoms with Gasteiger partial charge in [0.25, 0.3) is 0 Å². The van der Waals surface area contributed by atoms with Crippen molar-refractivity contribution in [2.75, 3.05) is 17.7 Å². The van der Waals surface area contributed by atoms with Crippen LogP contribution in [0, 0.1) is 5.82 Å². The number of amides is 1. The summed E-state index contributed by atoms with van der Waals surface area (Å²) in [5, 5.41) is 12.3. The number of aryl methyl sites for hydroxylation is 1. The molecule has 1 amide bonds. The molecule has 0 bridgehead atoms. The Labute approximate surface area is 209 Å². The van der Waals surface area contributed by atoms with Crippen LogP contribution in [-0.2, 0) is 29.1 Å². The number of nitrogens with zero attached hydrogens (tertiary/aromatic N) is 3. The summed E-state index contributed by atoms with van der Waals surface area (Å²) >= 11 is 8.57. The van der Waals surface area contributed by atoms with Crippen molar-refractivity contribution in [3.05, 3.63) is 51.4 Å². The first-order valence-corrected chi connectivity index (χ1v) is 12.8. The van der Waals surface area contributed by atoms with Gasteiger partial charge in [0.15, 0.2) is 11.0 Å². The molecule has 1 N–H and O–H groups in total. The lowest BCUT2D eigenvalue weighted by Crippen LogP contribution is -2.16. The molecular formula is C22H24ClFN4O4S2. The summed E-state index contributed by atoms with van der Waals surface area (Å²) in [6, 6.07) is 5.63. The molecule has 0 atom stereocenters. The maximum Gasteiger partial charge on any atom is 0.341 e. The highest BCUT2D eigenvalue weighted by atomic mass is 35.5. The molecule has 34 heavy (non-hydrogen) atoms. The molecule has 8 nitrogen and oxygen atoms in total. The number of aromatic nitrogens is 3. The average molecular weight is 527 g/mol. The highest BCUT2D eigenvalue weighted by Crippen LogP contribution is 2.30. The number of halogens is 2. The molecule has 0 aliphatic heterocycles. The lowest BCUT2D eigenvalue weighted by molar-refractivity contribution is -0.113. The predicted molar refractivity (Wildman–Crippen MR) is 130 cm³/mol. The maximum absolute atomic E-state index is 13.2. The van der Waals surface area contributed by atoms with Gasteiger partial charge in [0, 0.05) is 11.4 Å². The molecule has 182 valence electrons. The Morgan fingerprint density at radius 1 is 1.24 bits per heavy atom. The minimum atomic E-state index is -0.460. The first kappa shape index (κ1) is 26.0. The highest BCUT2D eigenvalue weighted by Gasteiger charge is 2.20. The molecule has 2 aromatic heterocycles. The van der Waals surface area contributed by atoms with Crippen molar-refractivity contribution in [3.8, 4) is 5.75 Å². The summed E-state index contributed by atoms with van der Waals surface area (Å²) < 4.78 is 25.8. The summed E-state index contributed by atoms with van der Waals surface area (Å²) in [6.07, 6.45) is 0.745. The normalized spacial score (nSPS) is 10.9. The Bertz CT molecular complexity index is 1170. The second-order valence-corrected chi connectivity index (χ2v) is 9.36. The van der Waals surface area contributed by atoms with E-state index in [2.05, 4.69) is 15.5 Å². The van der Waals surface area contributed by atoms with Crippen LogP contribution in [0.15, 0.2) is 29.4 Å². The van der Waals surface area contributed by atoms with E-state index in [0.717, 1.165) is 11.3 Å². The molecule has 1 aromatic carbocycles. The van der Waals surface area contributed by atoms with Crippen LogP contribution < -0.4 is 10.1 Å². The Kier molecular flexibility index (Phi) is 9.31. The van der Waals surface area contributed by atoms with E-state index in [9.17, 15) is 14.0 Å². The summed E-state index contributed by atoms with van der Waals surface area (Å²) in [5.41, 5.74) is 0.359. The van der Waals surface area contributed by atoms with Crippen LogP contribution in [0.4, 0.5) is 9.39 Å². The Balaban J connectivity index is 1.62. The fourth-order valence-electron chi connectivity index (χ4n) is 2.95. The van der Waals surface area contributed by atoms with E-state index >= 15 is 0 Å². The minimum absolute atomic E-state index is 0.0738. The Hall–Kier alpha value is -2.63. The fraction of sp³-hybridized carbons (Fsp3) is 0.364. The molecule has 0 saturated carbocycles. The van der Waals surface area contributed by atoms with Crippen LogP contribution in [0.1, 0.15) is 41.8 Å². The third-order valence-electron chi connectivity index (χ3n) is 4.57. The summed E-state index contributed by atoms with van der Waals surface area (Å²) in [5.74, 6) is -0.235. The molecule has 0 saturated heterocycles. The van der Waals surface area contributed by atoms with E-state index in [0.29, 0.717) is 33.8 Å². The molecule has 0 radical (unpaired) electrons. The number of thioether (sulfide) groups is 1. The van der Waals surface area contributed by atoms with Crippen molar-refractivity contribution in [2.45, 2.75) is 45.5 Å². The van der Waals surface area contributed by atoms with Gasteiger partial charge in [-0.2, -0.15) is 0 Å². The quantitative estimate of drug-likeness (QED) is 0.271. The first-order valence-electron chi connectivity index (χ1n) is 10.6. The highest BCUT2D eigenvalue weighted by molar-refractivity contribution is 7.99. The number of carbonyl (C=O) groups is 2. The van der Waals surface area contributed by atoms with Gasteiger partial charge >= 0.3 is 5.97 Å². The van der Waals surface area contributed by atoms with Gasteiger partial charge in [-0.3, -0.25) is 4.79 Å². The van der Waals surface area contributed by atoms with Crippen molar-refractivity contribution >= 4 is 51.6 Å². The third-order valence-corrected chi connectivity index (χ3v) is 7.03. The number of nitrogens with one attached hydrogen (secondary N) is 1. The summed E-state index contributed by atoms with van der Waals surface area (Å²) in [6.45, 7) is 6.53. The summed E-state index contributed by atoms with van der Waals surface area (Å²) in [4.78, 5) is 25.8. The molecular weight excluding hydrogens is 503 g/mol. The van der Waals surface area contributed by atoms with Gasteiger partial charge in [-0.25, -0.2) is 9.18 Å². The van der Waals surface area contributed by atoms with Gasteiger partial charge in [0.05, 0.1) is 22.9 Å². The molecule has 0 unspecified atom stereocenters. The van der Waals surface area contributed by atoms with Gasteiger partial charge in [-0.1, -0.05) is 30.3 Å². The molecule has 0 spiro atoms. The number of thiophene rings is 1. The molecule has 12 heteroatoms. The predicted octanol–water partition coefficient (Wildman–Crippen LogP) is 5.20. The molecule has 3 rings (SSSR count). The fourth-order valence-corrected chi connectivity index (χ4v) is 4.99. The van der Waals surface area contributed by atoms with E-state index in [1.807, 2.05) is 18.4 Å². The van der Waals surface area contributed by atoms with Crippen molar-refractivity contribution in [1.82, 2.24) is 14.8 Å². The van der Waals surface area contributed by atoms with Gasteiger partial charge in [-0.15, -0.1) is 21.5 Å². The third kappa shape index (κ3) is 6.49. The minimum Gasteiger partial charge on any atom is -0.484 e. The lowest BCUT2D eigenvalue weighted by Gasteiger charge is -2.10. The smallest absolute Gasteiger partial charge is 0.341 e. The number of esters is 1. The SMILES string of the molecule is CCOC(=O)c1cc(CC)sc1NC(=O)CSc1nnc(COc2ccc(F)cc2Cl)n1CC. The zero-order valence-electron chi connectivity index (χ0n) is 18.9. The average Bonchev–Trinajstić information content (AvgIpc) is 3.40. The van der Waals surface area contributed by atoms with E-state index in [-0.39, 0.29) is 29.9 Å². The monoisotopic (exact) mass is 526 g/mol. The zero-order valence-corrected chi connectivity index (χ0v) is 21.3.